The second-order valence-electron chi connectivity index (χ2n) is 12.6. The summed E-state index contributed by atoms with van der Waals surface area (Å²) in [6.45, 7) is 11.2. The molecule has 0 saturated carbocycles. The van der Waals surface area contributed by atoms with E-state index in [9.17, 15) is 24.3 Å². The zero-order chi connectivity index (χ0) is 32.4. The van der Waals surface area contributed by atoms with Gasteiger partial charge in [0.05, 0.1) is 35.1 Å². The van der Waals surface area contributed by atoms with Crippen molar-refractivity contribution in [2.75, 3.05) is 11.9 Å². The van der Waals surface area contributed by atoms with Crippen molar-refractivity contribution in [2.45, 2.75) is 84.2 Å². The van der Waals surface area contributed by atoms with Crippen LogP contribution in [0.2, 0.25) is 0 Å². The first-order valence-corrected chi connectivity index (χ1v) is 15.5. The third kappa shape index (κ3) is 4.67. The van der Waals surface area contributed by atoms with Gasteiger partial charge >= 0.3 is 5.97 Å². The van der Waals surface area contributed by atoms with E-state index in [0.29, 0.717) is 23.6 Å². The zero-order valence-corrected chi connectivity index (χ0v) is 26.1. The van der Waals surface area contributed by atoms with Gasteiger partial charge in [-0.05, 0) is 67.9 Å². The molecule has 236 valence electrons. The molecule has 0 spiro atoms. The number of ether oxygens (including phenoxy) is 1. The first-order valence-electron chi connectivity index (χ1n) is 15.5. The Morgan fingerprint density at radius 3 is 2.62 bits per heavy atom. The van der Waals surface area contributed by atoms with Gasteiger partial charge in [0.2, 0.25) is 11.8 Å². The summed E-state index contributed by atoms with van der Waals surface area (Å²) in [5, 5.41) is 15.2. The zero-order valence-electron chi connectivity index (χ0n) is 26.1. The second-order valence-corrected chi connectivity index (χ2v) is 12.6. The fraction of sp³-hybridized carbons (Fsp3) is 0.441. The highest BCUT2D eigenvalue weighted by Crippen LogP contribution is 2.43. The van der Waals surface area contributed by atoms with Crippen molar-refractivity contribution in [3.05, 3.63) is 69.0 Å². The minimum absolute atomic E-state index is 0.0749. The number of aliphatic hydroxyl groups is 1. The van der Waals surface area contributed by atoms with Crippen LogP contribution in [0.5, 0.6) is 0 Å². The third-order valence-electron chi connectivity index (χ3n) is 9.65. The van der Waals surface area contributed by atoms with E-state index in [2.05, 4.69) is 11.9 Å². The van der Waals surface area contributed by atoms with Crippen LogP contribution in [0.1, 0.15) is 68.4 Å². The Bertz CT molecular complexity index is 1850. The summed E-state index contributed by atoms with van der Waals surface area (Å²) in [5.41, 5.74) is 10.1. The van der Waals surface area contributed by atoms with Crippen LogP contribution in [0.15, 0.2) is 35.6 Å². The van der Waals surface area contributed by atoms with Crippen LogP contribution in [0.3, 0.4) is 0 Å². The quantitative estimate of drug-likeness (QED) is 0.202. The normalized spacial score (nSPS) is 19.3. The number of esters is 1. The predicted molar refractivity (Wildman–Crippen MR) is 169 cm³/mol. The van der Waals surface area contributed by atoms with E-state index in [1.165, 1.54) is 4.90 Å². The maximum Gasteiger partial charge on any atom is 0.343 e. The van der Waals surface area contributed by atoms with Gasteiger partial charge in [-0.15, -0.1) is 6.58 Å². The Labute approximate surface area is 261 Å². The van der Waals surface area contributed by atoms with E-state index >= 15 is 0 Å². The van der Waals surface area contributed by atoms with Gasteiger partial charge in [-0.2, -0.15) is 0 Å². The van der Waals surface area contributed by atoms with E-state index in [1.807, 2.05) is 26.0 Å². The van der Waals surface area contributed by atoms with Crippen LogP contribution in [0.4, 0.5) is 5.69 Å². The van der Waals surface area contributed by atoms with Crippen molar-refractivity contribution in [2.24, 2.45) is 11.7 Å². The number of aryl methyl sites for hydroxylation is 2. The fourth-order valence-corrected chi connectivity index (χ4v) is 6.87. The highest BCUT2D eigenvalue weighted by Gasteiger charge is 2.45. The van der Waals surface area contributed by atoms with Crippen LogP contribution >= 0.6 is 0 Å². The van der Waals surface area contributed by atoms with Crippen molar-refractivity contribution in [3.8, 4) is 11.4 Å². The molecule has 11 nitrogen and oxygen atoms in total. The van der Waals surface area contributed by atoms with E-state index in [4.69, 9.17) is 15.5 Å². The van der Waals surface area contributed by atoms with Gasteiger partial charge in [0.15, 0.2) is 5.60 Å². The molecule has 11 heteroatoms. The molecule has 2 amide bonds. The molecule has 1 aromatic carbocycles. The summed E-state index contributed by atoms with van der Waals surface area (Å²) in [6.07, 6.45) is 4.00. The molecule has 1 aliphatic carbocycles. The second kappa shape index (κ2) is 11.2. The lowest BCUT2D eigenvalue weighted by Crippen LogP contribution is -2.53. The number of hydrogen-bond acceptors (Lipinski definition) is 8. The summed E-state index contributed by atoms with van der Waals surface area (Å²) in [5.74, 6) is -1.48. The number of carbonyl (C=O) groups is 3. The van der Waals surface area contributed by atoms with Crippen molar-refractivity contribution in [1.29, 1.82) is 0 Å². The van der Waals surface area contributed by atoms with E-state index in [0.717, 1.165) is 46.9 Å². The molecule has 3 aromatic rings. The van der Waals surface area contributed by atoms with Gasteiger partial charge in [-0.3, -0.25) is 14.4 Å². The van der Waals surface area contributed by atoms with Crippen molar-refractivity contribution < 1.29 is 24.2 Å². The molecule has 45 heavy (non-hydrogen) atoms. The average molecular weight is 614 g/mol. The number of nitrogens with zero attached hydrogens (tertiary/aromatic N) is 3. The van der Waals surface area contributed by atoms with E-state index < -0.39 is 23.7 Å². The van der Waals surface area contributed by atoms with Crippen molar-refractivity contribution in [1.82, 2.24) is 14.5 Å². The number of rotatable bonds is 8. The molecular formula is C34H39N5O6. The number of nitrogens with one attached hydrogen (secondary N) is 1. The minimum atomic E-state index is -1.89. The highest BCUT2D eigenvalue weighted by molar-refractivity contribution is 6.02. The lowest BCUT2D eigenvalue weighted by molar-refractivity contribution is -0.172. The van der Waals surface area contributed by atoms with Gasteiger partial charge in [0.25, 0.3) is 5.56 Å². The SMILES string of the molecule is C=CCN(C(=O)[C@@H](N)C(C)C)[C@@H](C)C(=O)Nc1ccc2nc3c(c4c2c1CCC4)Cn1c-3cc2c(c1=O)COC(=O)[C@]2(O)CC. The lowest BCUT2D eigenvalue weighted by atomic mass is 9.85. The topological polar surface area (TPSA) is 157 Å². The van der Waals surface area contributed by atoms with Crippen LogP contribution < -0.4 is 16.6 Å². The number of aromatic nitrogens is 2. The molecule has 0 unspecified atom stereocenters. The lowest BCUT2D eigenvalue weighted by Gasteiger charge is -2.31. The van der Waals surface area contributed by atoms with E-state index in [-0.39, 0.29) is 54.0 Å². The number of anilines is 1. The molecule has 0 fully saturated rings. The third-order valence-corrected chi connectivity index (χ3v) is 9.65. The minimum Gasteiger partial charge on any atom is -0.458 e. The first-order chi connectivity index (χ1) is 21.4. The molecule has 4 N–H and O–H groups in total. The molecule has 0 bridgehead atoms. The molecular weight excluding hydrogens is 574 g/mol. The average Bonchev–Trinajstić information content (AvgIpc) is 3.41. The van der Waals surface area contributed by atoms with E-state index in [1.54, 1.807) is 30.6 Å². The molecule has 2 aromatic heterocycles. The van der Waals surface area contributed by atoms with Gasteiger partial charge in [0, 0.05) is 28.7 Å². The number of benzene rings is 1. The van der Waals surface area contributed by atoms with Gasteiger partial charge < -0.3 is 30.4 Å². The summed E-state index contributed by atoms with van der Waals surface area (Å²) in [4.78, 5) is 59.3. The molecule has 3 aliphatic rings. The fourth-order valence-electron chi connectivity index (χ4n) is 6.87. The standard InChI is InChI=1S/C34H39N5O6/c1-6-13-38(32(42)28(35)17(3)4)18(5)30(40)37-24-11-12-25-27-19(9-8-10-20(24)27)21-15-39-26(29(21)36-25)14-23-22(31(39)41)16-45-33(43)34(23,44)7-2/h6,11-12,14,17-18,28,44H,1,7-10,13,15-16,35H2,2-5H3,(H,37,40)/t18-,28-,34-/m0/s1. The summed E-state index contributed by atoms with van der Waals surface area (Å²) < 4.78 is 6.85. The molecule has 3 atom stereocenters. The van der Waals surface area contributed by atoms with Crippen LogP contribution in [-0.4, -0.2) is 56.0 Å². The number of fused-ring (bicyclic) bond motifs is 5. The number of amides is 2. The first kappa shape index (κ1) is 30.7. The van der Waals surface area contributed by atoms with Gasteiger partial charge in [-0.25, -0.2) is 9.78 Å². The van der Waals surface area contributed by atoms with Crippen molar-refractivity contribution in [3.63, 3.8) is 0 Å². The Kier molecular flexibility index (Phi) is 7.65. The summed E-state index contributed by atoms with van der Waals surface area (Å²) in [7, 11) is 0. The molecule has 6 rings (SSSR count). The molecule has 0 radical (unpaired) electrons. The van der Waals surface area contributed by atoms with Crippen LogP contribution in [0, 0.1) is 5.92 Å². The maximum absolute atomic E-state index is 13.7. The Morgan fingerprint density at radius 2 is 1.93 bits per heavy atom. The number of carbonyl (C=O) groups excluding carboxylic acids is 3. The molecule has 0 saturated heterocycles. The highest BCUT2D eigenvalue weighted by atomic mass is 16.6. The number of cyclic esters (lactones) is 1. The van der Waals surface area contributed by atoms with Gasteiger partial charge in [0.1, 0.15) is 12.6 Å². The number of hydrogen-bond donors (Lipinski definition) is 3. The predicted octanol–water partition coefficient (Wildman–Crippen LogP) is 2.89. The Morgan fingerprint density at radius 1 is 1.20 bits per heavy atom. The summed E-state index contributed by atoms with van der Waals surface area (Å²) in [6, 6.07) is 3.89. The number of pyridine rings is 2. The maximum atomic E-state index is 13.7. The summed E-state index contributed by atoms with van der Waals surface area (Å²) >= 11 is 0. The van der Waals surface area contributed by atoms with Crippen molar-refractivity contribution >= 4 is 34.4 Å². The monoisotopic (exact) mass is 613 g/mol. The Hall–Kier alpha value is -4.35. The van der Waals surface area contributed by atoms with Crippen LogP contribution in [0.25, 0.3) is 22.3 Å². The smallest absolute Gasteiger partial charge is 0.343 e. The van der Waals surface area contributed by atoms with Crippen LogP contribution in [-0.2, 0) is 50.7 Å². The molecule has 2 aliphatic heterocycles. The van der Waals surface area contributed by atoms with Gasteiger partial charge in [-0.1, -0.05) is 26.8 Å². The molecule has 4 heterocycles. The number of nitrogens with two attached hydrogens (primary N) is 1. The Balaban J connectivity index is 1.39. The largest absolute Gasteiger partial charge is 0.458 e.